The predicted molar refractivity (Wildman–Crippen MR) is 99.4 cm³/mol. The average molecular weight is 399 g/mol. The summed E-state index contributed by atoms with van der Waals surface area (Å²) in [6.07, 6.45) is 3.86. The number of hydrogen-bond acceptors (Lipinski definition) is 4. The van der Waals surface area contributed by atoms with Gasteiger partial charge in [0.15, 0.2) is 0 Å². The zero-order chi connectivity index (χ0) is 16.4. The molecule has 0 amide bonds. The van der Waals surface area contributed by atoms with Gasteiger partial charge in [-0.1, -0.05) is 27.5 Å². The maximum atomic E-state index is 6.32. The number of fused-ring (bicyclic) bond motifs is 1. The molecule has 0 unspecified atom stereocenters. The third-order valence-corrected chi connectivity index (χ3v) is 5.49. The van der Waals surface area contributed by atoms with Gasteiger partial charge in [-0.3, -0.25) is 4.98 Å². The van der Waals surface area contributed by atoms with E-state index in [1.807, 2.05) is 12.1 Å². The molecule has 1 aromatic heterocycles. The van der Waals surface area contributed by atoms with Gasteiger partial charge in [-0.05, 0) is 45.1 Å². The first-order valence-corrected chi connectivity index (χ1v) is 8.92. The zero-order valence-electron chi connectivity index (χ0n) is 13.4. The molecule has 0 aliphatic carbocycles. The first kappa shape index (κ1) is 17.0. The molecule has 2 aromatic rings. The van der Waals surface area contributed by atoms with Gasteiger partial charge >= 0.3 is 0 Å². The minimum atomic E-state index is 0.115. The molecule has 0 bridgehead atoms. The van der Waals surface area contributed by atoms with Crippen molar-refractivity contribution in [1.29, 1.82) is 0 Å². The zero-order valence-corrected chi connectivity index (χ0v) is 15.7. The first-order chi connectivity index (χ1) is 11.0. The molecule has 1 saturated heterocycles. The maximum absolute atomic E-state index is 6.32. The maximum Gasteiger partial charge on any atom is 0.0909 e. The predicted octanol–water partition coefficient (Wildman–Crippen LogP) is 4.17. The number of nitrogens with one attached hydrogen (secondary N) is 1. The molecular weight excluding hydrogens is 378 g/mol. The van der Waals surface area contributed by atoms with Gasteiger partial charge in [0.25, 0.3) is 0 Å². The molecule has 1 fully saturated rings. The van der Waals surface area contributed by atoms with E-state index in [4.69, 9.17) is 16.3 Å². The second-order valence-electron chi connectivity index (χ2n) is 6.23. The summed E-state index contributed by atoms with van der Waals surface area (Å²) in [6.45, 7) is 2.50. The van der Waals surface area contributed by atoms with Gasteiger partial charge in [0.1, 0.15) is 0 Å². The van der Waals surface area contributed by atoms with Gasteiger partial charge in [-0.15, -0.1) is 0 Å². The van der Waals surface area contributed by atoms with Crippen molar-refractivity contribution in [3.8, 4) is 0 Å². The molecule has 0 radical (unpaired) electrons. The third kappa shape index (κ3) is 3.48. The molecule has 0 spiro atoms. The van der Waals surface area contributed by atoms with Crippen molar-refractivity contribution in [3.63, 3.8) is 0 Å². The number of benzene rings is 1. The Labute approximate surface area is 150 Å². The molecule has 2 heterocycles. The van der Waals surface area contributed by atoms with Gasteiger partial charge in [0, 0.05) is 47.0 Å². The number of nitrogens with zero attached hydrogens (tertiary/aromatic N) is 2. The minimum absolute atomic E-state index is 0.115. The van der Waals surface area contributed by atoms with Gasteiger partial charge in [0.05, 0.1) is 10.5 Å². The molecule has 1 aliphatic heterocycles. The van der Waals surface area contributed by atoms with Crippen molar-refractivity contribution in [1.82, 2.24) is 9.88 Å². The van der Waals surface area contributed by atoms with Crippen LogP contribution in [0.2, 0.25) is 5.02 Å². The first-order valence-electron chi connectivity index (χ1n) is 7.75. The lowest BCUT2D eigenvalue weighted by molar-refractivity contribution is -0.000615. The fraction of sp³-hybridized carbons (Fsp3) is 0.471. The smallest absolute Gasteiger partial charge is 0.0909 e. The Hall–Kier alpha value is -0.880. The number of pyridine rings is 1. The summed E-state index contributed by atoms with van der Waals surface area (Å²) in [6, 6.07) is 5.94. The van der Waals surface area contributed by atoms with E-state index in [1.165, 1.54) is 0 Å². The van der Waals surface area contributed by atoms with Crippen molar-refractivity contribution in [3.05, 3.63) is 33.9 Å². The lowest BCUT2D eigenvalue weighted by atomic mass is 9.88. The fourth-order valence-corrected chi connectivity index (χ4v) is 3.98. The standard InChI is InChI=1S/C17H21BrClN3O/c1-22(2)17(4-7-23-8-5-17)11-21-15-3-6-20-16-13(15)9-12(18)10-14(16)19/h3,6,9-10H,4-5,7-8,11H2,1-2H3,(H,20,21). The van der Waals surface area contributed by atoms with Gasteiger partial charge < -0.3 is 15.0 Å². The Morgan fingerprint density at radius 3 is 2.78 bits per heavy atom. The van der Waals surface area contributed by atoms with Crippen molar-refractivity contribution < 1.29 is 4.74 Å². The topological polar surface area (TPSA) is 37.4 Å². The number of aromatic nitrogens is 1. The van der Waals surface area contributed by atoms with Gasteiger partial charge in [0.2, 0.25) is 0 Å². The molecule has 0 atom stereocenters. The van der Waals surface area contributed by atoms with E-state index in [2.05, 4.69) is 51.3 Å². The Morgan fingerprint density at radius 1 is 1.35 bits per heavy atom. The van der Waals surface area contributed by atoms with Crippen molar-refractivity contribution in [2.75, 3.05) is 39.2 Å². The lowest BCUT2D eigenvalue weighted by Crippen LogP contribution is -2.53. The molecule has 23 heavy (non-hydrogen) atoms. The van der Waals surface area contributed by atoms with Crippen LogP contribution in [0, 0.1) is 0 Å². The van der Waals surface area contributed by atoms with Crippen LogP contribution in [-0.4, -0.2) is 49.3 Å². The average Bonchev–Trinajstić information content (AvgIpc) is 2.53. The SMILES string of the molecule is CN(C)C1(CNc2ccnc3c(Cl)cc(Br)cc23)CCOCC1. The number of likely N-dealkylation sites (N-methyl/N-ethyl adjacent to an activating group) is 1. The van der Waals surface area contributed by atoms with E-state index < -0.39 is 0 Å². The largest absolute Gasteiger partial charge is 0.383 e. The Balaban J connectivity index is 1.89. The monoisotopic (exact) mass is 397 g/mol. The quantitative estimate of drug-likeness (QED) is 0.838. The summed E-state index contributed by atoms with van der Waals surface area (Å²) in [5, 5.41) is 5.31. The lowest BCUT2D eigenvalue weighted by Gasteiger charge is -2.43. The van der Waals surface area contributed by atoms with Crippen LogP contribution >= 0.6 is 27.5 Å². The number of halogens is 2. The van der Waals surface area contributed by atoms with E-state index in [0.717, 1.165) is 53.7 Å². The summed E-state index contributed by atoms with van der Waals surface area (Å²) in [5.74, 6) is 0. The van der Waals surface area contributed by atoms with Gasteiger partial charge in [-0.25, -0.2) is 0 Å². The molecule has 6 heteroatoms. The van der Waals surface area contributed by atoms with Crippen molar-refractivity contribution in [2.24, 2.45) is 0 Å². The highest BCUT2D eigenvalue weighted by Crippen LogP contribution is 2.32. The van der Waals surface area contributed by atoms with E-state index in [0.29, 0.717) is 5.02 Å². The fourth-order valence-electron chi connectivity index (χ4n) is 3.13. The number of anilines is 1. The molecule has 1 aromatic carbocycles. The van der Waals surface area contributed by atoms with Crippen LogP contribution < -0.4 is 5.32 Å². The Morgan fingerprint density at radius 2 is 2.09 bits per heavy atom. The van der Waals surface area contributed by atoms with E-state index in [1.54, 1.807) is 6.20 Å². The second kappa shape index (κ2) is 6.93. The van der Waals surface area contributed by atoms with Crippen LogP contribution in [0.5, 0.6) is 0 Å². The van der Waals surface area contributed by atoms with Crippen LogP contribution in [0.25, 0.3) is 10.9 Å². The summed E-state index contributed by atoms with van der Waals surface area (Å²) < 4.78 is 6.50. The molecular formula is C17H21BrClN3O. The summed E-state index contributed by atoms with van der Waals surface area (Å²) in [5.41, 5.74) is 2.00. The summed E-state index contributed by atoms with van der Waals surface area (Å²) in [7, 11) is 4.29. The van der Waals surface area contributed by atoms with E-state index in [9.17, 15) is 0 Å². The second-order valence-corrected chi connectivity index (χ2v) is 7.55. The molecule has 124 valence electrons. The molecule has 4 nitrogen and oxygen atoms in total. The molecule has 3 rings (SSSR count). The Kier molecular flexibility index (Phi) is 5.11. The van der Waals surface area contributed by atoms with Crippen LogP contribution in [0.1, 0.15) is 12.8 Å². The normalized spacial score (nSPS) is 17.6. The van der Waals surface area contributed by atoms with Crippen LogP contribution in [0.3, 0.4) is 0 Å². The van der Waals surface area contributed by atoms with Crippen LogP contribution in [0.4, 0.5) is 5.69 Å². The molecule has 0 saturated carbocycles. The van der Waals surface area contributed by atoms with Gasteiger partial charge in [-0.2, -0.15) is 0 Å². The van der Waals surface area contributed by atoms with Crippen LogP contribution in [-0.2, 0) is 4.74 Å². The van der Waals surface area contributed by atoms with E-state index in [-0.39, 0.29) is 5.54 Å². The highest BCUT2D eigenvalue weighted by atomic mass is 79.9. The number of ether oxygens (including phenoxy) is 1. The summed E-state index contributed by atoms with van der Waals surface area (Å²) in [4.78, 5) is 6.72. The summed E-state index contributed by atoms with van der Waals surface area (Å²) >= 11 is 9.83. The van der Waals surface area contributed by atoms with Crippen molar-refractivity contribution in [2.45, 2.75) is 18.4 Å². The minimum Gasteiger partial charge on any atom is -0.383 e. The van der Waals surface area contributed by atoms with E-state index >= 15 is 0 Å². The van der Waals surface area contributed by atoms with Crippen molar-refractivity contribution >= 4 is 44.1 Å². The molecule has 1 aliphatic rings. The molecule has 1 N–H and O–H groups in total. The third-order valence-electron chi connectivity index (χ3n) is 4.74. The number of rotatable bonds is 4. The highest BCUT2D eigenvalue weighted by Gasteiger charge is 2.34. The number of hydrogen-bond donors (Lipinski definition) is 1. The Bertz CT molecular complexity index is 702. The van der Waals surface area contributed by atoms with Crippen LogP contribution in [0.15, 0.2) is 28.9 Å². The highest BCUT2D eigenvalue weighted by molar-refractivity contribution is 9.10.